The summed E-state index contributed by atoms with van der Waals surface area (Å²) in [7, 11) is 0. The van der Waals surface area contributed by atoms with Crippen LogP contribution in [-0.4, -0.2) is 34.4 Å². The second-order valence-corrected chi connectivity index (χ2v) is 10.6. The molecule has 4 rings (SSSR count). The molecular formula is C26H28ClNO5S. The predicted molar refractivity (Wildman–Crippen MR) is 134 cm³/mol. The molecule has 1 saturated heterocycles. The van der Waals surface area contributed by atoms with E-state index >= 15 is 0 Å². The number of halogens is 1. The number of carbonyl (C=O) groups excluding carboxylic acids is 2. The van der Waals surface area contributed by atoms with Gasteiger partial charge in [-0.1, -0.05) is 35.9 Å². The molecule has 3 aromatic rings. The van der Waals surface area contributed by atoms with Crippen LogP contribution < -0.4 is 9.47 Å². The van der Waals surface area contributed by atoms with Crippen LogP contribution in [-0.2, 0) is 20.7 Å². The van der Waals surface area contributed by atoms with Gasteiger partial charge < -0.3 is 14.2 Å². The predicted octanol–water partition coefficient (Wildman–Crippen LogP) is 6.51. The van der Waals surface area contributed by atoms with E-state index in [-0.39, 0.29) is 11.6 Å². The fourth-order valence-electron chi connectivity index (χ4n) is 4.40. The van der Waals surface area contributed by atoms with Gasteiger partial charge in [-0.15, -0.1) is 0 Å². The molecule has 0 unspecified atom stereocenters. The van der Waals surface area contributed by atoms with Crippen molar-refractivity contribution < 1.29 is 23.8 Å². The van der Waals surface area contributed by atoms with Gasteiger partial charge in [-0.3, -0.25) is 9.59 Å². The number of fused-ring (bicyclic) bond motifs is 1. The van der Waals surface area contributed by atoms with Gasteiger partial charge in [-0.2, -0.15) is 0 Å². The monoisotopic (exact) mass is 501 g/mol. The van der Waals surface area contributed by atoms with Crippen LogP contribution in [0.2, 0.25) is 5.02 Å². The summed E-state index contributed by atoms with van der Waals surface area (Å²) in [6, 6.07) is 9.12. The summed E-state index contributed by atoms with van der Waals surface area (Å²) in [4.78, 5) is 31.1. The van der Waals surface area contributed by atoms with Gasteiger partial charge in [0.05, 0.1) is 16.8 Å². The van der Waals surface area contributed by atoms with Crippen molar-refractivity contribution in [2.75, 3.05) is 6.61 Å². The zero-order valence-electron chi connectivity index (χ0n) is 20.2. The van der Waals surface area contributed by atoms with E-state index in [0.717, 1.165) is 10.3 Å². The Labute approximate surface area is 208 Å². The maximum atomic E-state index is 13.3. The van der Waals surface area contributed by atoms with Crippen LogP contribution in [0.1, 0.15) is 58.6 Å². The molecule has 1 aromatic heterocycles. The van der Waals surface area contributed by atoms with Gasteiger partial charge in [0.15, 0.2) is 11.6 Å². The number of hydrogen-bond acceptors (Lipinski definition) is 7. The zero-order chi connectivity index (χ0) is 24.8. The van der Waals surface area contributed by atoms with E-state index in [9.17, 15) is 9.59 Å². The van der Waals surface area contributed by atoms with E-state index in [0.29, 0.717) is 45.8 Å². The molecule has 0 atom stereocenters. The molecule has 8 heteroatoms. The minimum atomic E-state index is -1.08. The lowest BCUT2D eigenvalue weighted by atomic mass is 9.73. The molecular weight excluding hydrogens is 474 g/mol. The molecule has 6 nitrogen and oxygen atoms in total. The first-order chi connectivity index (χ1) is 16.0. The van der Waals surface area contributed by atoms with Crippen LogP contribution in [0.15, 0.2) is 30.3 Å². The summed E-state index contributed by atoms with van der Waals surface area (Å²) in [6.07, 6.45) is 0.672. The van der Waals surface area contributed by atoms with Gasteiger partial charge in [-0.05, 0) is 76.4 Å². The van der Waals surface area contributed by atoms with Crippen molar-refractivity contribution in [2.24, 2.45) is 0 Å². The molecule has 0 radical (unpaired) electrons. The Hall–Kier alpha value is -2.48. The Bertz CT molecular complexity index is 1250. The lowest BCUT2D eigenvalue weighted by Gasteiger charge is -2.43. The molecule has 0 saturated carbocycles. The third kappa shape index (κ3) is 4.32. The number of ketones is 2. The Morgan fingerprint density at radius 3 is 2.35 bits per heavy atom. The average molecular weight is 502 g/mol. The molecule has 0 spiro atoms. The van der Waals surface area contributed by atoms with Gasteiger partial charge in [-0.25, -0.2) is 4.98 Å². The highest BCUT2D eigenvalue weighted by molar-refractivity contribution is 7.20. The van der Waals surface area contributed by atoms with E-state index in [2.05, 4.69) is 4.98 Å². The van der Waals surface area contributed by atoms with E-state index in [4.69, 9.17) is 25.8 Å². The van der Waals surface area contributed by atoms with Gasteiger partial charge >= 0.3 is 0 Å². The van der Waals surface area contributed by atoms with E-state index in [1.807, 2.05) is 32.0 Å². The minimum absolute atomic E-state index is 0.251. The van der Waals surface area contributed by atoms with Gasteiger partial charge in [0.25, 0.3) is 5.19 Å². The Morgan fingerprint density at radius 1 is 1.06 bits per heavy atom. The number of aryl methyl sites for hydroxylation is 1. The second-order valence-electron chi connectivity index (χ2n) is 9.24. The largest absolute Gasteiger partial charge is 0.492 e. The van der Waals surface area contributed by atoms with Crippen LogP contribution in [0.3, 0.4) is 0 Å². The third-order valence-electron chi connectivity index (χ3n) is 5.98. The quantitative estimate of drug-likeness (QED) is 0.358. The first-order valence-corrected chi connectivity index (χ1v) is 12.5. The Balaban J connectivity index is 1.73. The number of Topliss-reactive ketones (excluding diaryl/α,β-unsaturated/α-hetero) is 2. The fourth-order valence-corrected chi connectivity index (χ4v) is 5.59. The van der Waals surface area contributed by atoms with E-state index in [1.54, 1.807) is 39.8 Å². The standard InChI is InChI=1S/C26H28ClNO5S/c1-7-14-9-10-15(13-16(14)19-22(29)25(3,4)33-26(5,6)23(19)30)32-24-28-17-11-12-18(31-8-2)20(27)21(17)34-24/h9-13,19H,7-8H2,1-6H3. The number of hydrogen-bond donors (Lipinski definition) is 0. The molecule has 0 N–H and O–H groups in total. The lowest BCUT2D eigenvalue weighted by molar-refractivity contribution is -0.184. The maximum Gasteiger partial charge on any atom is 0.279 e. The Morgan fingerprint density at radius 2 is 1.74 bits per heavy atom. The lowest BCUT2D eigenvalue weighted by Crippen LogP contribution is -2.58. The minimum Gasteiger partial charge on any atom is -0.492 e. The number of thiazole rings is 1. The van der Waals surface area contributed by atoms with Crippen molar-refractivity contribution in [2.45, 2.75) is 65.1 Å². The number of benzene rings is 2. The number of aromatic nitrogens is 1. The molecule has 0 aliphatic carbocycles. The van der Waals surface area contributed by atoms with Crippen molar-refractivity contribution >= 4 is 44.7 Å². The van der Waals surface area contributed by atoms with Crippen LogP contribution in [0.25, 0.3) is 10.2 Å². The van der Waals surface area contributed by atoms with E-state index in [1.165, 1.54) is 11.3 Å². The molecule has 0 amide bonds. The third-order valence-corrected chi connectivity index (χ3v) is 7.43. The smallest absolute Gasteiger partial charge is 0.279 e. The van der Waals surface area contributed by atoms with Crippen LogP contribution in [0.5, 0.6) is 16.7 Å². The highest BCUT2D eigenvalue weighted by atomic mass is 35.5. The van der Waals surface area contributed by atoms with Crippen LogP contribution in [0.4, 0.5) is 0 Å². The number of ether oxygens (including phenoxy) is 3. The van der Waals surface area contributed by atoms with Crippen LogP contribution >= 0.6 is 22.9 Å². The van der Waals surface area contributed by atoms with Crippen molar-refractivity contribution in [3.8, 4) is 16.7 Å². The van der Waals surface area contributed by atoms with E-state index < -0.39 is 17.1 Å². The molecule has 2 heterocycles. The molecule has 180 valence electrons. The molecule has 0 bridgehead atoms. The van der Waals surface area contributed by atoms with Gasteiger partial charge in [0.1, 0.15) is 33.6 Å². The average Bonchev–Trinajstić information content (AvgIpc) is 3.18. The normalized spacial score (nSPS) is 17.9. The molecule has 34 heavy (non-hydrogen) atoms. The fraction of sp³-hybridized carbons (Fsp3) is 0.423. The molecule has 1 fully saturated rings. The van der Waals surface area contributed by atoms with Crippen molar-refractivity contribution in [1.29, 1.82) is 0 Å². The van der Waals surface area contributed by atoms with Gasteiger partial charge in [0.2, 0.25) is 0 Å². The van der Waals surface area contributed by atoms with Gasteiger partial charge in [0, 0.05) is 0 Å². The molecule has 1 aliphatic heterocycles. The second kappa shape index (κ2) is 8.95. The van der Waals surface area contributed by atoms with Crippen molar-refractivity contribution in [1.82, 2.24) is 4.98 Å². The number of carbonyl (C=O) groups is 2. The topological polar surface area (TPSA) is 74.7 Å². The van der Waals surface area contributed by atoms with Crippen molar-refractivity contribution in [3.63, 3.8) is 0 Å². The first kappa shape index (κ1) is 24.6. The SMILES string of the molecule is CCOc1ccc2nc(Oc3ccc(CC)c(C4C(=O)C(C)(C)OC(C)(C)C4=O)c3)sc2c1Cl. The summed E-state index contributed by atoms with van der Waals surface area (Å²) in [5, 5.41) is 0.905. The summed E-state index contributed by atoms with van der Waals surface area (Å²) in [6.45, 7) is 11.3. The van der Waals surface area contributed by atoms with Crippen LogP contribution in [0, 0.1) is 0 Å². The summed E-state index contributed by atoms with van der Waals surface area (Å²) < 4.78 is 18.3. The van der Waals surface area contributed by atoms with Crippen molar-refractivity contribution in [3.05, 3.63) is 46.5 Å². The Kier molecular flexibility index (Phi) is 6.48. The highest BCUT2D eigenvalue weighted by Gasteiger charge is 2.53. The first-order valence-electron chi connectivity index (χ1n) is 11.3. The molecule has 2 aromatic carbocycles. The molecule has 1 aliphatic rings. The maximum absolute atomic E-state index is 13.3. The number of rotatable bonds is 6. The zero-order valence-corrected chi connectivity index (χ0v) is 21.7. The number of nitrogens with zero attached hydrogens (tertiary/aromatic N) is 1. The summed E-state index contributed by atoms with van der Waals surface area (Å²) >= 11 is 7.80. The highest BCUT2D eigenvalue weighted by Crippen LogP contribution is 2.43. The summed E-state index contributed by atoms with van der Waals surface area (Å²) in [5.74, 6) is -0.327. The summed E-state index contributed by atoms with van der Waals surface area (Å²) in [5.41, 5.74) is 0.119.